The molecule has 24 heavy (non-hydrogen) atoms. The number of para-hydroxylation sites is 1. The Kier molecular flexibility index (Phi) is 5.36. The molecule has 0 fully saturated rings. The first-order valence-electron chi connectivity index (χ1n) is 7.99. The lowest BCUT2D eigenvalue weighted by atomic mass is 10.1. The van der Waals surface area contributed by atoms with Crippen LogP contribution in [-0.4, -0.2) is 36.6 Å². The van der Waals surface area contributed by atoms with E-state index in [0.717, 1.165) is 17.7 Å². The molecule has 1 aromatic heterocycles. The maximum absolute atomic E-state index is 9.98. The second-order valence-corrected chi connectivity index (χ2v) is 5.57. The lowest BCUT2D eigenvalue weighted by Crippen LogP contribution is -2.35. The standard InChI is InChI=1S/C19H22N2O3/c1-23-15-6-8-16(9-7-15)24-13-19(22)20-11-10-14-12-21-18-5-3-2-4-17(14)18/h2-9,12,19-22H,10-11,13H2,1H3. The molecule has 1 atom stereocenters. The van der Waals surface area contributed by atoms with Gasteiger partial charge in [0.1, 0.15) is 24.3 Å². The van der Waals surface area contributed by atoms with Crippen molar-refractivity contribution in [3.63, 3.8) is 0 Å². The molecule has 0 spiro atoms. The number of methoxy groups -OCH3 is 1. The number of aliphatic hydroxyl groups excluding tert-OH is 1. The Balaban J connectivity index is 1.43. The van der Waals surface area contributed by atoms with Crippen molar-refractivity contribution in [2.75, 3.05) is 20.3 Å². The molecule has 0 bridgehead atoms. The van der Waals surface area contributed by atoms with E-state index in [9.17, 15) is 5.11 Å². The monoisotopic (exact) mass is 326 g/mol. The zero-order chi connectivity index (χ0) is 16.8. The molecule has 5 nitrogen and oxygen atoms in total. The molecule has 2 aromatic carbocycles. The summed E-state index contributed by atoms with van der Waals surface area (Å²) in [5, 5.41) is 14.3. The molecule has 126 valence electrons. The van der Waals surface area contributed by atoms with Crippen LogP contribution in [0.15, 0.2) is 54.7 Å². The predicted octanol–water partition coefficient (Wildman–Crippen LogP) is 2.71. The van der Waals surface area contributed by atoms with Crippen molar-refractivity contribution in [1.82, 2.24) is 10.3 Å². The molecule has 3 rings (SSSR count). The van der Waals surface area contributed by atoms with Gasteiger partial charge in [-0.3, -0.25) is 5.32 Å². The minimum absolute atomic E-state index is 0.195. The van der Waals surface area contributed by atoms with Gasteiger partial charge in [-0.25, -0.2) is 0 Å². The average Bonchev–Trinajstić information content (AvgIpc) is 3.04. The first-order chi connectivity index (χ1) is 11.8. The summed E-state index contributed by atoms with van der Waals surface area (Å²) in [5.74, 6) is 1.48. The number of aromatic nitrogens is 1. The number of H-pyrrole nitrogens is 1. The SMILES string of the molecule is COc1ccc(OCC(O)NCCc2c[nH]c3ccccc23)cc1. The van der Waals surface area contributed by atoms with Gasteiger partial charge < -0.3 is 19.6 Å². The highest BCUT2D eigenvalue weighted by atomic mass is 16.5. The van der Waals surface area contributed by atoms with E-state index in [1.807, 2.05) is 42.6 Å². The smallest absolute Gasteiger partial charge is 0.139 e. The lowest BCUT2D eigenvalue weighted by molar-refractivity contribution is 0.0795. The molecule has 5 heteroatoms. The van der Waals surface area contributed by atoms with Crippen LogP contribution in [0.5, 0.6) is 11.5 Å². The van der Waals surface area contributed by atoms with Crippen molar-refractivity contribution in [3.05, 3.63) is 60.3 Å². The molecule has 0 aliphatic rings. The summed E-state index contributed by atoms with van der Waals surface area (Å²) in [6, 6.07) is 15.5. The van der Waals surface area contributed by atoms with E-state index in [0.29, 0.717) is 12.3 Å². The summed E-state index contributed by atoms with van der Waals surface area (Å²) in [7, 11) is 1.62. The highest BCUT2D eigenvalue weighted by Gasteiger charge is 2.06. The molecule has 0 aliphatic heterocycles. The van der Waals surface area contributed by atoms with Gasteiger partial charge >= 0.3 is 0 Å². The predicted molar refractivity (Wildman–Crippen MR) is 94.5 cm³/mol. The zero-order valence-corrected chi connectivity index (χ0v) is 13.7. The van der Waals surface area contributed by atoms with Crippen molar-refractivity contribution < 1.29 is 14.6 Å². The summed E-state index contributed by atoms with van der Waals surface area (Å²) < 4.78 is 10.6. The Hall–Kier alpha value is -2.50. The van der Waals surface area contributed by atoms with Gasteiger partial charge in [0.15, 0.2) is 0 Å². The van der Waals surface area contributed by atoms with Crippen molar-refractivity contribution in [3.8, 4) is 11.5 Å². The fraction of sp³-hybridized carbons (Fsp3) is 0.263. The molecule has 0 amide bonds. The lowest BCUT2D eigenvalue weighted by Gasteiger charge is -2.14. The third-order valence-corrected chi connectivity index (χ3v) is 3.92. The van der Waals surface area contributed by atoms with Crippen LogP contribution in [0.4, 0.5) is 0 Å². The molecule has 0 saturated heterocycles. The highest BCUT2D eigenvalue weighted by molar-refractivity contribution is 5.83. The van der Waals surface area contributed by atoms with Crippen molar-refractivity contribution >= 4 is 10.9 Å². The third kappa shape index (κ3) is 4.07. The number of rotatable bonds is 8. The molecular formula is C19H22N2O3. The molecule has 3 N–H and O–H groups in total. The number of hydrogen-bond donors (Lipinski definition) is 3. The van der Waals surface area contributed by atoms with Crippen LogP contribution >= 0.6 is 0 Å². The van der Waals surface area contributed by atoms with E-state index in [1.165, 1.54) is 10.9 Å². The van der Waals surface area contributed by atoms with Gasteiger partial charge in [-0.15, -0.1) is 0 Å². The number of benzene rings is 2. The highest BCUT2D eigenvalue weighted by Crippen LogP contribution is 2.18. The minimum Gasteiger partial charge on any atom is -0.497 e. The van der Waals surface area contributed by atoms with E-state index in [4.69, 9.17) is 9.47 Å². The number of nitrogens with one attached hydrogen (secondary N) is 2. The summed E-state index contributed by atoms with van der Waals surface area (Å²) in [5.41, 5.74) is 2.37. The van der Waals surface area contributed by atoms with Crippen LogP contribution in [0, 0.1) is 0 Å². The Labute approximate surface area is 141 Å². The van der Waals surface area contributed by atoms with Gasteiger partial charge in [0.05, 0.1) is 7.11 Å². The number of hydrogen-bond acceptors (Lipinski definition) is 4. The topological polar surface area (TPSA) is 66.5 Å². The van der Waals surface area contributed by atoms with Crippen LogP contribution < -0.4 is 14.8 Å². The van der Waals surface area contributed by atoms with E-state index < -0.39 is 6.23 Å². The number of aliphatic hydroxyl groups is 1. The van der Waals surface area contributed by atoms with E-state index in [-0.39, 0.29) is 6.61 Å². The van der Waals surface area contributed by atoms with Crippen LogP contribution in [0.25, 0.3) is 10.9 Å². The fourth-order valence-corrected chi connectivity index (χ4v) is 2.62. The van der Waals surface area contributed by atoms with Gasteiger partial charge in [0, 0.05) is 23.6 Å². The van der Waals surface area contributed by atoms with Gasteiger partial charge in [0.2, 0.25) is 0 Å². The van der Waals surface area contributed by atoms with Crippen LogP contribution in [0.3, 0.4) is 0 Å². The summed E-state index contributed by atoms with van der Waals surface area (Å²) in [6.45, 7) is 0.870. The molecule has 0 aliphatic carbocycles. The number of fused-ring (bicyclic) bond motifs is 1. The minimum atomic E-state index is -0.711. The summed E-state index contributed by atoms with van der Waals surface area (Å²) in [6.07, 6.45) is 2.15. The quantitative estimate of drug-likeness (QED) is 0.557. The van der Waals surface area contributed by atoms with Crippen molar-refractivity contribution in [1.29, 1.82) is 0 Å². The Morgan fingerprint density at radius 3 is 2.62 bits per heavy atom. The van der Waals surface area contributed by atoms with E-state index >= 15 is 0 Å². The molecule has 3 aromatic rings. The van der Waals surface area contributed by atoms with Gasteiger partial charge in [-0.05, 0) is 42.3 Å². The number of aromatic amines is 1. The van der Waals surface area contributed by atoms with Gasteiger partial charge in [-0.2, -0.15) is 0 Å². The first kappa shape index (κ1) is 16.4. The second-order valence-electron chi connectivity index (χ2n) is 5.57. The largest absolute Gasteiger partial charge is 0.497 e. The molecule has 1 heterocycles. The third-order valence-electron chi connectivity index (χ3n) is 3.92. The van der Waals surface area contributed by atoms with Crippen LogP contribution in [0.1, 0.15) is 5.56 Å². The fourth-order valence-electron chi connectivity index (χ4n) is 2.62. The molecule has 0 saturated carbocycles. The first-order valence-corrected chi connectivity index (χ1v) is 7.99. The van der Waals surface area contributed by atoms with Crippen molar-refractivity contribution in [2.24, 2.45) is 0 Å². The summed E-state index contributed by atoms with van der Waals surface area (Å²) in [4.78, 5) is 3.26. The normalized spacial score (nSPS) is 12.2. The maximum atomic E-state index is 9.98. The second kappa shape index (κ2) is 7.86. The Morgan fingerprint density at radius 2 is 1.83 bits per heavy atom. The summed E-state index contributed by atoms with van der Waals surface area (Å²) >= 11 is 0. The zero-order valence-electron chi connectivity index (χ0n) is 13.7. The van der Waals surface area contributed by atoms with E-state index in [1.54, 1.807) is 7.11 Å². The Morgan fingerprint density at radius 1 is 1.08 bits per heavy atom. The molecular weight excluding hydrogens is 304 g/mol. The molecule has 0 radical (unpaired) electrons. The number of ether oxygens (including phenoxy) is 2. The van der Waals surface area contributed by atoms with E-state index in [2.05, 4.69) is 22.4 Å². The van der Waals surface area contributed by atoms with Gasteiger partial charge in [0.25, 0.3) is 0 Å². The maximum Gasteiger partial charge on any atom is 0.139 e. The van der Waals surface area contributed by atoms with Crippen LogP contribution in [-0.2, 0) is 6.42 Å². The van der Waals surface area contributed by atoms with Crippen LogP contribution in [0.2, 0.25) is 0 Å². The van der Waals surface area contributed by atoms with Gasteiger partial charge in [-0.1, -0.05) is 18.2 Å². The average molecular weight is 326 g/mol. The Bertz CT molecular complexity index is 768. The van der Waals surface area contributed by atoms with Crippen molar-refractivity contribution in [2.45, 2.75) is 12.6 Å². The molecule has 1 unspecified atom stereocenters.